The van der Waals surface area contributed by atoms with Crippen LogP contribution in [0.1, 0.15) is 11.1 Å². The molecule has 8 heteroatoms. The van der Waals surface area contributed by atoms with Gasteiger partial charge in [0.2, 0.25) is 0 Å². The Morgan fingerprint density at radius 2 is 1.86 bits per heavy atom. The fourth-order valence-electron chi connectivity index (χ4n) is 1.95. The zero-order valence-corrected chi connectivity index (χ0v) is 12.3. The lowest BCUT2D eigenvalue weighted by Gasteiger charge is -2.13. The number of nitrogens with zero attached hydrogens (tertiary/aromatic N) is 2. The van der Waals surface area contributed by atoms with Crippen LogP contribution in [0, 0.1) is 21.4 Å². The molecule has 2 aromatic carbocycles. The number of benzene rings is 2. The summed E-state index contributed by atoms with van der Waals surface area (Å²) in [5.41, 5.74) is -1.83. The van der Waals surface area contributed by atoms with Crippen molar-refractivity contribution in [3.05, 3.63) is 62.1 Å². The molecule has 0 aliphatic heterocycles. The van der Waals surface area contributed by atoms with Gasteiger partial charge in [-0.25, -0.2) is 0 Å². The van der Waals surface area contributed by atoms with Crippen LogP contribution in [0.25, 0.3) is 11.1 Å². The molecule has 0 saturated heterocycles. The van der Waals surface area contributed by atoms with E-state index in [0.29, 0.717) is 0 Å². The molecule has 2 rings (SSSR count). The van der Waals surface area contributed by atoms with Crippen LogP contribution >= 0.6 is 15.9 Å². The van der Waals surface area contributed by atoms with E-state index in [4.69, 9.17) is 5.26 Å². The summed E-state index contributed by atoms with van der Waals surface area (Å²) in [4.78, 5) is 10.1. The Labute approximate surface area is 131 Å². The Kier molecular flexibility index (Phi) is 4.19. The van der Waals surface area contributed by atoms with E-state index in [1.807, 2.05) is 0 Å². The van der Waals surface area contributed by atoms with Crippen LogP contribution in [0.2, 0.25) is 0 Å². The molecule has 0 heterocycles. The van der Waals surface area contributed by atoms with Crippen molar-refractivity contribution in [3.8, 4) is 17.2 Å². The third kappa shape index (κ3) is 3.09. The highest BCUT2D eigenvalue weighted by Gasteiger charge is 2.34. The second-order valence-corrected chi connectivity index (χ2v) is 5.20. The number of nitro benzene ring substituents is 1. The lowest BCUT2D eigenvalue weighted by molar-refractivity contribution is -0.385. The molecule has 0 unspecified atom stereocenters. The minimum Gasteiger partial charge on any atom is -0.258 e. The summed E-state index contributed by atoms with van der Waals surface area (Å²) in [7, 11) is 0. The minimum atomic E-state index is -4.61. The number of hydrogen-bond acceptors (Lipinski definition) is 3. The van der Waals surface area contributed by atoms with Crippen molar-refractivity contribution in [3.63, 3.8) is 0 Å². The van der Waals surface area contributed by atoms with Crippen LogP contribution in [0.3, 0.4) is 0 Å². The summed E-state index contributed by atoms with van der Waals surface area (Å²) in [6.07, 6.45) is -4.61. The highest BCUT2D eigenvalue weighted by atomic mass is 79.9. The summed E-state index contributed by atoms with van der Waals surface area (Å²) >= 11 is 2.97. The van der Waals surface area contributed by atoms with Gasteiger partial charge in [0.05, 0.1) is 10.5 Å². The van der Waals surface area contributed by atoms with E-state index in [0.717, 1.165) is 18.2 Å². The summed E-state index contributed by atoms with van der Waals surface area (Å²) in [5.74, 6) is 0. The molecule has 0 aromatic heterocycles. The molecule has 0 atom stereocenters. The van der Waals surface area contributed by atoms with Gasteiger partial charge >= 0.3 is 6.18 Å². The van der Waals surface area contributed by atoms with Gasteiger partial charge in [-0.15, -0.1) is 0 Å². The molecule has 22 heavy (non-hydrogen) atoms. The molecule has 0 fully saturated rings. The van der Waals surface area contributed by atoms with E-state index in [-0.39, 0.29) is 21.2 Å². The van der Waals surface area contributed by atoms with Crippen molar-refractivity contribution in [2.24, 2.45) is 0 Å². The van der Waals surface area contributed by atoms with Gasteiger partial charge in [-0.3, -0.25) is 10.1 Å². The predicted molar refractivity (Wildman–Crippen MR) is 75.9 cm³/mol. The summed E-state index contributed by atoms with van der Waals surface area (Å²) < 4.78 is 39.6. The lowest BCUT2D eigenvalue weighted by atomic mass is 9.97. The molecule has 0 spiro atoms. The normalized spacial score (nSPS) is 11.0. The molecular weight excluding hydrogens is 365 g/mol. The Morgan fingerprint density at radius 3 is 2.41 bits per heavy atom. The summed E-state index contributed by atoms with van der Waals surface area (Å²) in [5, 5.41) is 19.7. The second-order valence-electron chi connectivity index (χ2n) is 4.29. The zero-order chi connectivity index (χ0) is 16.5. The van der Waals surface area contributed by atoms with Crippen LogP contribution in [0.15, 0.2) is 40.9 Å². The molecule has 0 saturated carbocycles. The quantitative estimate of drug-likeness (QED) is 0.556. The van der Waals surface area contributed by atoms with Gasteiger partial charge in [0, 0.05) is 10.5 Å². The molecule has 0 bridgehead atoms. The van der Waals surface area contributed by atoms with Crippen LogP contribution in [0.5, 0.6) is 0 Å². The zero-order valence-electron chi connectivity index (χ0n) is 10.7. The number of nitro groups is 1. The van der Waals surface area contributed by atoms with Crippen molar-refractivity contribution < 1.29 is 18.1 Å². The first kappa shape index (κ1) is 16.0. The average Bonchev–Trinajstić information content (AvgIpc) is 2.45. The fourth-order valence-corrected chi connectivity index (χ4v) is 2.31. The Bertz CT molecular complexity index is 798. The van der Waals surface area contributed by atoms with Crippen LogP contribution < -0.4 is 0 Å². The number of nitriles is 1. The highest BCUT2D eigenvalue weighted by molar-refractivity contribution is 9.10. The smallest absolute Gasteiger partial charge is 0.258 e. The Morgan fingerprint density at radius 1 is 1.18 bits per heavy atom. The Hall–Kier alpha value is -2.40. The number of hydrogen-bond donors (Lipinski definition) is 0. The van der Waals surface area contributed by atoms with Gasteiger partial charge in [0.1, 0.15) is 11.6 Å². The first-order valence-electron chi connectivity index (χ1n) is 5.79. The third-order valence-corrected chi connectivity index (χ3v) is 3.41. The van der Waals surface area contributed by atoms with E-state index in [9.17, 15) is 23.3 Å². The molecule has 0 amide bonds. The van der Waals surface area contributed by atoms with E-state index >= 15 is 0 Å². The van der Waals surface area contributed by atoms with E-state index in [1.165, 1.54) is 18.2 Å². The largest absolute Gasteiger partial charge is 0.417 e. The van der Waals surface area contributed by atoms with Crippen LogP contribution in [0.4, 0.5) is 18.9 Å². The first-order chi connectivity index (χ1) is 10.2. The first-order valence-corrected chi connectivity index (χ1v) is 6.59. The number of alkyl halides is 3. The standard InChI is InChI=1S/C14H6BrF3N2O2/c15-10-3-4-11(12(6-10)14(16,17)18)8-1-2-9(7-19)13(5-8)20(21)22/h1-6H. The van der Waals surface area contributed by atoms with Gasteiger partial charge in [-0.1, -0.05) is 28.1 Å². The Balaban J connectivity index is 2.71. The van der Waals surface area contributed by atoms with Crippen molar-refractivity contribution in [1.82, 2.24) is 0 Å². The van der Waals surface area contributed by atoms with Crippen molar-refractivity contribution >= 4 is 21.6 Å². The number of rotatable bonds is 2. The van der Waals surface area contributed by atoms with Crippen molar-refractivity contribution in [2.45, 2.75) is 6.18 Å². The fraction of sp³-hybridized carbons (Fsp3) is 0.0714. The van der Waals surface area contributed by atoms with E-state index in [2.05, 4.69) is 15.9 Å². The third-order valence-electron chi connectivity index (χ3n) is 2.91. The van der Waals surface area contributed by atoms with Gasteiger partial charge in [0.15, 0.2) is 0 Å². The maximum atomic E-state index is 13.1. The van der Waals surface area contributed by atoms with Crippen LogP contribution in [-0.4, -0.2) is 4.92 Å². The minimum absolute atomic E-state index is 0.0190. The second kappa shape index (κ2) is 5.77. The van der Waals surface area contributed by atoms with Crippen molar-refractivity contribution in [1.29, 1.82) is 5.26 Å². The molecule has 0 N–H and O–H groups in total. The molecule has 0 radical (unpaired) electrons. The maximum Gasteiger partial charge on any atom is 0.417 e. The highest BCUT2D eigenvalue weighted by Crippen LogP contribution is 2.39. The summed E-state index contributed by atoms with van der Waals surface area (Å²) in [6, 6.07) is 8.53. The lowest BCUT2D eigenvalue weighted by Crippen LogP contribution is -2.07. The monoisotopic (exact) mass is 370 g/mol. The van der Waals surface area contributed by atoms with Gasteiger partial charge in [-0.05, 0) is 29.3 Å². The molecule has 4 nitrogen and oxygen atoms in total. The molecule has 0 aliphatic carbocycles. The number of halogens is 4. The molecule has 0 aliphatic rings. The molecule has 112 valence electrons. The van der Waals surface area contributed by atoms with E-state index < -0.39 is 22.4 Å². The van der Waals surface area contributed by atoms with Gasteiger partial charge in [-0.2, -0.15) is 18.4 Å². The predicted octanol–water partition coefficient (Wildman–Crippen LogP) is 4.91. The van der Waals surface area contributed by atoms with Crippen LogP contribution in [-0.2, 0) is 6.18 Å². The maximum absolute atomic E-state index is 13.1. The van der Waals surface area contributed by atoms with Gasteiger partial charge in [0.25, 0.3) is 5.69 Å². The average molecular weight is 371 g/mol. The van der Waals surface area contributed by atoms with Crippen molar-refractivity contribution in [2.75, 3.05) is 0 Å². The summed E-state index contributed by atoms with van der Waals surface area (Å²) in [6.45, 7) is 0. The topological polar surface area (TPSA) is 66.9 Å². The van der Waals surface area contributed by atoms with E-state index in [1.54, 1.807) is 6.07 Å². The molecule has 2 aromatic rings. The van der Waals surface area contributed by atoms with Gasteiger partial charge < -0.3 is 0 Å². The molecular formula is C14H6BrF3N2O2. The SMILES string of the molecule is N#Cc1ccc(-c2ccc(Br)cc2C(F)(F)F)cc1[N+](=O)[O-].